The number of allylic oxidation sites excluding steroid dienone is 1. The second kappa shape index (κ2) is 7.98. The summed E-state index contributed by atoms with van der Waals surface area (Å²) in [5.74, 6) is 3.08. The van der Waals surface area contributed by atoms with Gasteiger partial charge in [-0.1, -0.05) is 32.6 Å². The van der Waals surface area contributed by atoms with E-state index < -0.39 is 0 Å². The van der Waals surface area contributed by atoms with Gasteiger partial charge < -0.3 is 9.84 Å². The molecule has 4 fully saturated rings. The number of hydrogen-bond donors (Lipinski definition) is 1. The molecule has 0 bridgehead atoms. The van der Waals surface area contributed by atoms with E-state index in [1.54, 1.807) is 0 Å². The normalized spacial score (nSPS) is 41.4. The van der Waals surface area contributed by atoms with Crippen molar-refractivity contribution >= 4 is 11.8 Å². The Labute approximate surface area is 180 Å². The highest BCUT2D eigenvalue weighted by Gasteiger charge is 2.57. The minimum absolute atomic E-state index is 0.0282. The van der Waals surface area contributed by atoms with E-state index in [4.69, 9.17) is 4.74 Å². The minimum atomic E-state index is -0.0502. The number of carbonyl (C=O) groups excluding carboxylic acids is 2. The van der Waals surface area contributed by atoms with Crippen LogP contribution in [0.25, 0.3) is 0 Å². The van der Waals surface area contributed by atoms with Crippen molar-refractivity contribution in [2.75, 3.05) is 0 Å². The average Bonchev–Trinajstić information content (AvgIpc) is 3.37. The molecule has 0 aromatic rings. The van der Waals surface area contributed by atoms with Crippen LogP contribution in [0.3, 0.4) is 0 Å². The smallest absolute Gasteiger partial charge is 0.306 e. The molecule has 4 nitrogen and oxygen atoms in total. The number of ether oxygens (including phenoxy) is 1. The van der Waals surface area contributed by atoms with E-state index in [0.717, 1.165) is 62.9 Å². The Hall–Kier alpha value is -1.32. The predicted octanol–water partition coefficient (Wildman–Crippen LogP) is 5.90. The number of ketones is 1. The summed E-state index contributed by atoms with van der Waals surface area (Å²) in [5.41, 5.74) is 1.17. The molecular weight excluding hydrogens is 376 g/mol. The maximum Gasteiger partial charge on any atom is 0.306 e. The molecule has 0 radical (unpaired) electrons. The minimum Gasteiger partial charge on any atom is -0.504 e. The van der Waals surface area contributed by atoms with E-state index in [1.165, 1.54) is 25.7 Å². The van der Waals surface area contributed by atoms with Crippen molar-refractivity contribution in [1.29, 1.82) is 0 Å². The van der Waals surface area contributed by atoms with Crippen LogP contribution in [-0.4, -0.2) is 23.0 Å². The van der Waals surface area contributed by atoms with E-state index in [0.29, 0.717) is 36.5 Å². The standard InChI is InChI=1S/C26H38O4/c1-26-15-14-18-17-9-11-22(27)25(29)20(17)8-7-19(18)21(26)10-12-23(26)30-24(28)13-6-16-4-2-3-5-16/h16-19,21,23,29H,2-15H2,1H3/t17-,18?,19?,21?,23+,26+/m1/s1. The van der Waals surface area contributed by atoms with Gasteiger partial charge in [-0.15, -0.1) is 0 Å². The highest BCUT2D eigenvalue weighted by atomic mass is 16.5. The van der Waals surface area contributed by atoms with Crippen LogP contribution in [0.2, 0.25) is 0 Å². The van der Waals surface area contributed by atoms with Gasteiger partial charge in [0.05, 0.1) is 0 Å². The third kappa shape index (κ3) is 3.42. The van der Waals surface area contributed by atoms with E-state index in [1.807, 2.05) is 0 Å². The Morgan fingerprint density at radius 2 is 1.83 bits per heavy atom. The van der Waals surface area contributed by atoms with Crippen LogP contribution >= 0.6 is 0 Å². The Morgan fingerprint density at radius 1 is 1.03 bits per heavy atom. The van der Waals surface area contributed by atoms with E-state index in [2.05, 4.69) is 6.92 Å². The molecule has 4 heteroatoms. The third-order valence-corrected chi connectivity index (χ3v) is 9.87. The zero-order chi connectivity index (χ0) is 20.9. The van der Waals surface area contributed by atoms with E-state index >= 15 is 0 Å². The van der Waals surface area contributed by atoms with Gasteiger partial charge >= 0.3 is 5.97 Å². The van der Waals surface area contributed by atoms with Crippen LogP contribution in [0, 0.1) is 35.0 Å². The topological polar surface area (TPSA) is 63.6 Å². The summed E-state index contributed by atoms with van der Waals surface area (Å²) in [4.78, 5) is 24.6. The molecule has 166 valence electrons. The summed E-state index contributed by atoms with van der Waals surface area (Å²) >= 11 is 0. The molecule has 5 aliphatic carbocycles. The van der Waals surface area contributed by atoms with Crippen molar-refractivity contribution < 1.29 is 19.4 Å². The van der Waals surface area contributed by atoms with Crippen LogP contribution in [0.15, 0.2) is 11.3 Å². The van der Waals surface area contributed by atoms with Gasteiger partial charge in [0, 0.05) is 18.3 Å². The predicted molar refractivity (Wildman–Crippen MR) is 115 cm³/mol. The Bertz CT molecular complexity index is 733. The van der Waals surface area contributed by atoms with Gasteiger partial charge in [0.25, 0.3) is 0 Å². The summed E-state index contributed by atoms with van der Waals surface area (Å²) in [5, 5.41) is 10.3. The molecule has 0 heterocycles. The SMILES string of the molecule is C[C@]12CCC3C(CCC4=C(O)C(=O)CC[C@@H]43)C1CC[C@@H]2OC(=O)CCC1CCCC1. The summed E-state index contributed by atoms with van der Waals surface area (Å²) in [6.07, 6.45) is 14.7. The average molecular weight is 415 g/mol. The first-order valence-corrected chi connectivity index (χ1v) is 12.6. The highest BCUT2D eigenvalue weighted by molar-refractivity contribution is 5.94. The van der Waals surface area contributed by atoms with Gasteiger partial charge in [0.1, 0.15) is 6.10 Å². The number of carbonyl (C=O) groups is 2. The number of aliphatic hydroxyl groups is 1. The maximum atomic E-state index is 12.6. The first-order chi connectivity index (χ1) is 14.5. The van der Waals surface area contributed by atoms with E-state index in [9.17, 15) is 14.7 Å². The van der Waals surface area contributed by atoms with Crippen LogP contribution < -0.4 is 0 Å². The fourth-order valence-corrected chi connectivity index (χ4v) is 8.25. The van der Waals surface area contributed by atoms with Gasteiger partial charge in [-0.3, -0.25) is 9.59 Å². The first kappa shape index (κ1) is 20.6. The second-order valence-corrected chi connectivity index (χ2v) is 11.2. The second-order valence-electron chi connectivity index (χ2n) is 11.2. The lowest BCUT2D eigenvalue weighted by molar-refractivity contribution is -0.159. The van der Waals surface area contributed by atoms with Crippen LogP contribution in [-0.2, 0) is 14.3 Å². The Kier molecular flexibility index (Phi) is 5.48. The van der Waals surface area contributed by atoms with Crippen molar-refractivity contribution in [2.45, 2.75) is 103 Å². The summed E-state index contributed by atoms with van der Waals surface area (Å²) in [6.45, 7) is 2.38. The molecule has 0 saturated heterocycles. The lowest BCUT2D eigenvalue weighted by Gasteiger charge is -2.53. The molecule has 0 spiro atoms. The Balaban J connectivity index is 1.24. The fourth-order valence-electron chi connectivity index (χ4n) is 8.25. The Morgan fingerprint density at radius 3 is 2.63 bits per heavy atom. The zero-order valence-corrected chi connectivity index (χ0v) is 18.5. The maximum absolute atomic E-state index is 12.6. The van der Waals surface area contributed by atoms with Crippen LogP contribution in [0.5, 0.6) is 0 Å². The van der Waals surface area contributed by atoms with Gasteiger partial charge in [-0.2, -0.15) is 0 Å². The molecule has 30 heavy (non-hydrogen) atoms. The zero-order valence-electron chi connectivity index (χ0n) is 18.5. The number of hydrogen-bond acceptors (Lipinski definition) is 4. The number of fused-ring (bicyclic) bond motifs is 5. The molecular formula is C26H38O4. The van der Waals surface area contributed by atoms with Gasteiger partial charge in [-0.25, -0.2) is 0 Å². The lowest BCUT2D eigenvalue weighted by Crippen LogP contribution is -2.48. The van der Waals surface area contributed by atoms with Crippen molar-refractivity contribution in [3.63, 3.8) is 0 Å². The number of aliphatic hydroxyl groups excluding tert-OH is 1. The molecule has 4 saturated carbocycles. The van der Waals surface area contributed by atoms with Crippen molar-refractivity contribution in [2.24, 2.45) is 35.0 Å². The lowest BCUT2D eigenvalue weighted by atomic mass is 9.52. The first-order valence-electron chi connectivity index (χ1n) is 12.6. The summed E-state index contributed by atoms with van der Waals surface area (Å²) in [6, 6.07) is 0. The van der Waals surface area contributed by atoms with Gasteiger partial charge in [-0.05, 0) is 86.5 Å². The molecule has 3 unspecified atom stereocenters. The molecule has 0 aliphatic heterocycles. The molecule has 0 amide bonds. The monoisotopic (exact) mass is 414 g/mol. The van der Waals surface area contributed by atoms with Crippen molar-refractivity contribution in [3.8, 4) is 0 Å². The fraction of sp³-hybridized carbons (Fsp3) is 0.846. The number of esters is 1. The summed E-state index contributed by atoms with van der Waals surface area (Å²) < 4.78 is 6.13. The largest absolute Gasteiger partial charge is 0.504 e. The van der Waals surface area contributed by atoms with Crippen molar-refractivity contribution in [1.82, 2.24) is 0 Å². The van der Waals surface area contributed by atoms with E-state index in [-0.39, 0.29) is 29.0 Å². The molecule has 6 atom stereocenters. The van der Waals surface area contributed by atoms with Gasteiger partial charge in [0.2, 0.25) is 0 Å². The van der Waals surface area contributed by atoms with Crippen LogP contribution in [0.4, 0.5) is 0 Å². The highest BCUT2D eigenvalue weighted by Crippen LogP contribution is 2.62. The quantitative estimate of drug-likeness (QED) is 0.582. The molecule has 5 rings (SSSR count). The molecule has 0 aromatic carbocycles. The van der Waals surface area contributed by atoms with Gasteiger partial charge in [0.15, 0.2) is 11.5 Å². The summed E-state index contributed by atoms with van der Waals surface area (Å²) in [7, 11) is 0. The number of Topliss-reactive ketones (excluding diaryl/α,β-unsaturated/α-hetero) is 1. The third-order valence-electron chi connectivity index (χ3n) is 9.87. The number of rotatable bonds is 4. The van der Waals surface area contributed by atoms with Crippen LogP contribution in [0.1, 0.15) is 96.8 Å². The molecule has 0 aromatic heterocycles. The molecule has 1 N–H and O–H groups in total. The van der Waals surface area contributed by atoms with Crippen molar-refractivity contribution in [3.05, 3.63) is 11.3 Å². The molecule has 5 aliphatic rings.